The topological polar surface area (TPSA) is 37.3 Å². The molecule has 4 heteroatoms. The summed E-state index contributed by atoms with van der Waals surface area (Å²) in [6.07, 6.45) is 0.222. The van der Waals surface area contributed by atoms with Crippen LogP contribution in [0, 0.1) is 0 Å². The van der Waals surface area contributed by atoms with E-state index in [9.17, 15) is 4.79 Å². The van der Waals surface area contributed by atoms with Gasteiger partial charge < -0.3 is 5.11 Å². The van der Waals surface area contributed by atoms with E-state index < -0.39 is 5.97 Å². The summed E-state index contributed by atoms with van der Waals surface area (Å²) in [5, 5.41) is 7.72. The first-order chi connectivity index (χ1) is 2.27. The fourth-order valence-corrected chi connectivity index (χ4v) is 0. The molecule has 46 valence electrons. The Labute approximate surface area is 47.3 Å². The minimum Gasteiger partial charge on any atom is -0.481 e. The van der Waals surface area contributed by atoms with E-state index in [2.05, 4.69) is 0 Å². The molecule has 2 nitrogen and oxygen atoms in total. The highest BCUT2D eigenvalue weighted by Gasteiger charge is 1.80. The van der Waals surface area contributed by atoms with Gasteiger partial charge in [0.25, 0.3) is 0 Å². The van der Waals surface area contributed by atoms with E-state index in [-0.39, 0.29) is 23.5 Å². The predicted octanol–water partition coefficient (Wildman–Crippen LogP) is 1.06. The molecule has 0 unspecified atom stereocenters. The smallest absolute Gasteiger partial charge is 0.303 e. The van der Waals surface area contributed by atoms with E-state index in [4.69, 9.17) is 5.11 Å². The molecule has 0 aliphatic rings. The molecule has 0 rings (SSSR count). The molecule has 7 heavy (non-hydrogen) atoms. The van der Waals surface area contributed by atoms with Crippen LogP contribution in [0.15, 0.2) is 0 Å². The van der Waals surface area contributed by atoms with Gasteiger partial charge in [0.05, 0.1) is 0 Å². The standard InChI is InChI=1S/C3H6O2.ClH.FH/c1-2-3(4)5;;/h2H2,1H3,(H,4,5);2*1H. The van der Waals surface area contributed by atoms with Crippen molar-refractivity contribution in [2.45, 2.75) is 13.3 Å². The summed E-state index contributed by atoms with van der Waals surface area (Å²) in [6.45, 7) is 1.60. The lowest BCUT2D eigenvalue weighted by Gasteiger charge is -1.71. The first kappa shape index (κ1) is 15.9. The van der Waals surface area contributed by atoms with Gasteiger partial charge in [-0.15, -0.1) is 12.4 Å². The fraction of sp³-hybridized carbons (Fsp3) is 0.667. The summed E-state index contributed by atoms with van der Waals surface area (Å²) in [6, 6.07) is 0. The zero-order chi connectivity index (χ0) is 4.28. The lowest BCUT2D eigenvalue weighted by atomic mass is 10.5. The maximum Gasteiger partial charge on any atom is 0.303 e. The third-order valence-electron chi connectivity index (χ3n) is 0.302. The molecule has 0 radical (unpaired) electrons. The number of carboxylic acids is 1. The van der Waals surface area contributed by atoms with Crippen molar-refractivity contribution in [3.8, 4) is 0 Å². The van der Waals surface area contributed by atoms with Gasteiger partial charge in [-0.3, -0.25) is 9.50 Å². The normalized spacial score (nSPS) is 5.29. The Balaban J connectivity index is -0.0000000800. The lowest BCUT2D eigenvalue weighted by Crippen LogP contribution is -1.86. The zero-order valence-corrected chi connectivity index (χ0v) is 4.70. The van der Waals surface area contributed by atoms with Crippen molar-refractivity contribution in [2.75, 3.05) is 0 Å². The number of hydrogen-bond acceptors (Lipinski definition) is 1. The summed E-state index contributed by atoms with van der Waals surface area (Å²) in [4.78, 5) is 9.37. The summed E-state index contributed by atoms with van der Waals surface area (Å²) in [7, 11) is 0. The van der Waals surface area contributed by atoms with E-state index in [1.165, 1.54) is 0 Å². The Kier molecular flexibility index (Phi) is 20.9. The van der Waals surface area contributed by atoms with Crippen LogP contribution in [0.25, 0.3) is 0 Å². The van der Waals surface area contributed by atoms with E-state index in [1.807, 2.05) is 0 Å². The molecule has 1 N–H and O–H groups in total. The van der Waals surface area contributed by atoms with E-state index in [1.54, 1.807) is 6.92 Å². The molecule has 0 heterocycles. The number of hydrogen-bond donors (Lipinski definition) is 1. The van der Waals surface area contributed by atoms with Crippen molar-refractivity contribution in [3.05, 3.63) is 0 Å². The average Bonchev–Trinajstić information content (AvgIpc) is 1.38. The minimum atomic E-state index is -0.745. The maximum absolute atomic E-state index is 9.37. The Hall–Kier alpha value is -0.310. The number of rotatable bonds is 1. The van der Waals surface area contributed by atoms with Crippen molar-refractivity contribution >= 4 is 18.4 Å². The number of carboxylic acid groups (broad SMARTS) is 1. The summed E-state index contributed by atoms with van der Waals surface area (Å²) in [5.41, 5.74) is 0. The quantitative estimate of drug-likeness (QED) is 0.576. The molecule has 0 saturated carbocycles. The Morgan fingerprint density at radius 3 is 1.86 bits per heavy atom. The van der Waals surface area contributed by atoms with Gasteiger partial charge in [0.15, 0.2) is 0 Å². The zero-order valence-electron chi connectivity index (χ0n) is 3.88. The second kappa shape index (κ2) is 9.19. The van der Waals surface area contributed by atoms with Crippen LogP contribution in [0.2, 0.25) is 0 Å². The van der Waals surface area contributed by atoms with Gasteiger partial charge in [0, 0.05) is 6.42 Å². The van der Waals surface area contributed by atoms with Crippen LogP contribution in [0.5, 0.6) is 0 Å². The van der Waals surface area contributed by atoms with Gasteiger partial charge in [-0.25, -0.2) is 0 Å². The van der Waals surface area contributed by atoms with Gasteiger partial charge >= 0.3 is 5.97 Å². The van der Waals surface area contributed by atoms with Crippen molar-refractivity contribution in [2.24, 2.45) is 0 Å². The molecule has 0 aromatic carbocycles. The van der Waals surface area contributed by atoms with Crippen LogP contribution in [-0.4, -0.2) is 11.1 Å². The van der Waals surface area contributed by atoms with E-state index >= 15 is 0 Å². The predicted molar refractivity (Wildman–Crippen MR) is 27.7 cm³/mol. The van der Waals surface area contributed by atoms with Gasteiger partial charge in [0.1, 0.15) is 0 Å². The molecule has 0 aliphatic carbocycles. The summed E-state index contributed by atoms with van der Waals surface area (Å²) >= 11 is 0. The molecule has 0 amide bonds. The van der Waals surface area contributed by atoms with E-state index in [0.29, 0.717) is 0 Å². The molecular weight excluding hydrogens is 122 g/mol. The second-order valence-corrected chi connectivity index (χ2v) is 0.747. The largest absolute Gasteiger partial charge is 0.481 e. The molecule has 0 spiro atoms. The third-order valence-corrected chi connectivity index (χ3v) is 0.302. The maximum atomic E-state index is 9.37. The molecule has 0 bridgehead atoms. The average molecular weight is 131 g/mol. The van der Waals surface area contributed by atoms with Gasteiger partial charge in [-0.1, -0.05) is 6.92 Å². The van der Waals surface area contributed by atoms with Crippen molar-refractivity contribution in [1.29, 1.82) is 0 Å². The molecule has 0 aromatic heterocycles. The van der Waals surface area contributed by atoms with Gasteiger partial charge in [0.2, 0.25) is 0 Å². The lowest BCUT2D eigenvalue weighted by molar-refractivity contribution is -0.136. The first-order valence-electron chi connectivity index (χ1n) is 1.49. The Bertz CT molecular complexity index is 48.2. The summed E-state index contributed by atoms with van der Waals surface area (Å²) in [5.74, 6) is -0.745. The number of aliphatic carboxylic acids is 1. The number of carbonyl (C=O) groups is 1. The molecule has 0 aromatic rings. The monoisotopic (exact) mass is 130 g/mol. The van der Waals surface area contributed by atoms with Gasteiger partial charge in [-0.05, 0) is 0 Å². The van der Waals surface area contributed by atoms with Gasteiger partial charge in [-0.2, -0.15) is 0 Å². The Morgan fingerprint density at radius 1 is 1.71 bits per heavy atom. The molecule has 0 fully saturated rings. The fourth-order valence-electron chi connectivity index (χ4n) is 0. The molecule has 0 atom stereocenters. The highest BCUT2D eigenvalue weighted by atomic mass is 35.5. The first-order valence-corrected chi connectivity index (χ1v) is 1.49. The van der Waals surface area contributed by atoms with Crippen molar-refractivity contribution in [3.63, 3.8) is 0 Å². The molecule has 0 aliphatic heterocycles. The Morgan fingerprint density at radius 2 is 1.86 bits per heavy atom. The van der Waals surface area contributed by atoms with Crippen LogP contribution in [-0.2, 0) is 4.79 Å². The SMILES string of the molecule is CCC(=O)O.Cl.F. The van der Waals surface area contributed by atoms with Crippen molar-refractivity contribution in [1.82, 2.24) is 0 Å². The van der Waals surface area contributed by atoms with Crippen LogP contribution in [0.1, 0.15) is 13.3 Å². The van der Waals surface area contributed by atoms with Crippen LogP contribution in [0.4, 0.5) is 4.70 Å². The number of halogens is 2. The second-order valence-electron chi connectivity index (χ2n) is 0.747. The van der Waals surface area contributed by atoms with Crippen LogP contribution >= 0.6 is 12.4 Å². The summed E-state index contributed by atoms with van der Waals surface area (Å²) < 4.78 is 0. The van der Waals surface area contributed by atoms with Crippen LogP contribution < -0.4 is 0 Å². The van der Waals surface area contributed by atoms with Crippen LogP contribution in [0.3, 0.4) is 0 Å². The highest BCUT2D eigenvalue weighted by Crippen LogP contribution is 1.67. The molecule has 0 saturated heterocycles. The van der Waals surface area contributed by atoms with E-state index in [0.717, 1.165) is 0 Å². The van der Waals surface area contributed by atoms with Crippen molar-refractivity contribution < 1.29 is 14.6 Å². The molecular formula is C3H8ClFO2. The highest BCUT2D eigenvalue weighted by molar-refractivity contribution is 5.85. The third kappa shape index (κ3) is 27.1. The minimum absolute atomic E-state index is 0.